The Morgan fingerprint density at radius 3 is 2.56 bits per heavy atom. The minimum absolute atomic E-state index is 0.524. The van der Waals surface area contributed by atoms with Crippen LogP contribution >= 0.6 is 11.8 Å². The van der Waals surface area contributed by atoms with Crippen molar-refractivity contribution in [3.05, 3.63) is 0 Å². The molecule has 2 heteroatoms. The maximum absolute atomic E-state index is 5.95. The normalized spacial score (nSPS) is 39.0. The van der Waals surface area contributed by atoms with Crippen LogP contribution in [0, 0.1) is 5.41 Å². The van der Waals surface area contributed by atoms with Crippen molar-refractivity contribution in [1.82, 2.24) is 0 Å². The van der Waals surface area contributed by atoms with Gasteiger partial charge in [-0.1, -0.05) is 0 Å². The molecular formula is C7H13NS. The van der Waals surface area contributed by atoms with Crippen LogP contribution in [0.1, 0.15) is 19.3 Å². The second-order valence-corrected chi connectivity index (χ2v) is 4.44. The summed E-state index contributed by atoms with van der Waals surface area (Å²) >= 11 is 2.02. The molecule has 0 amide bonds. The second kappa shape index (κ2) is 1.89. The molecule has 0 aromatic rings. The quantitative estimate of drug-likeness (QED) is 0.552. The molecule has 52 valence electrons. The van der Waals surface area contributed by atoms with Crippen molar-refractivity contribution < 1.29 is 0 Å². The molecule has 2 rings (SSSR count). The Morgan fingerprint density at radius 1 is 1.33 bits per heavy atom. The van der Waals surface area contributed by atoms with Crippen molar-refractivity contribution in [2.45, 2.75) is 25.3 Å². The Bertz CT molecular complexity index is 120. The number of thioether (sulfide) groups is 1. The third-order valence-electron chi connectivity index (χ3n) is 2.72. The molecule has 1 spiro atoms. The van der Waals surface area contributed by atoms with Gasteiger partial charge in [0.1, 0.15) is 0 Å². The van der Waals surface area contributed by atoms with E-state index in [2.05, 4.69) is 0 Å². The molecule has 1 atom stereocenters. The zero-order valence-electron chi connectivity index (χ0n) is 5.60. The maximum Gasteiger partial charge on any atom is 0.0187 e. The Balaban J connectivity index is 2.03. The first-order valence-electron chi connectivity index (χ1n) is 3.67. The van der Waals surface area contributed by atoms with E-state index in [1.54, 1.807) is 0 Å². The van der Waals surface area contributed by atoms with Gasteiger partial charge in [0.05, 0.1) is 0 Å². The molecule has 1 aliphatic heterocycles. The smallest absolute Gasteiger partial charge is 0.0187 e. The molecule has 0 radical (unpaired) electrons. The lowest BCUT2D eigenvalue weighted by Gasteiger charge is -2.27. The minimum Gasteiger partial charge on any atom is -0.326 e. The predicted octanol–water partition coefficient (Wildman–Crippen LogP) is 1.23. The summed E-state index contributed by atoms with van der Waals surface area (Å²) in [4.78, 5) is 0. The minimum atomic E-state index is 0.524. The van der Waals surface area contributed by atoms with Gasteiger partial charge in [-0.15, -0.1) is 0 Å². The van der Waals surface area contributed by atoms with E-state index in [1.807, 2.05) is 11.8 Å². The van der Waals surface area contributed by atoms with E-state index in [1.165, 1.54) is 30.8 Å². The van der Waals surface area contributed by atoms with Crippen LogP contribution in [-0.4, -0.2) is 17.5 Å². The van der Waals surface area contributed by atoms with Crippen LogP contribution in [0.3, 0.4) is 0 Å². The molecular weight excluding hydrogens is 130 g/mol. The molecule has 0 bridgehead atoms. The molecule has 1 aliphatic carbocycles. The first kappa shape index (κ1) is 6.05. The van der Waals surface area contributed by atoms with Crippen molar-refractivity contribution >= 4 is 11.8 Å². The maximum atomic E-state index is 5.95. The molecule has 1 nitrogen and oxygen atoms in total. The number of nitrogens with two attached hydrogens (primary N) is 1. The highest BCUT2D eigenvalue weighted by molar-refractivity contribution is 7.99. The van der Waals surface area contributed by atoms with Gasteiger partial charge in [-0.2, -0.15) is 11.8 Å². The van der Waals surface area contributed by atoms with Crippen molar-refractivity contribution in [3.8, 4) is 0 Å². The van der Waals surface area contributed by atoms with Gasteiger partial charge >= 0.3 is 0 Å². The second-order valence-electron chi connectivity index (χ2n) is 3.29. The third kappa shape index (κ3) is 0.887. The monoisotopic (exact) mass is 143 g/mol. The summed E-state index contributed by atoms with van der Waals surface area (Å²) in [5.74, 6) is 2.56. The molecule has 1 heterocycles. The van der Waals surface area contributed by atoms with E-state index in [9.17, 15) is 0 Å². The zero-order valence-corrected chi connectivity index (χ0v) is 6.41. The van der Waals surface area contributed by atoms with Crippen LogP contribution < -0.4 is 5.73 Å². The van der Waals surface area contributed by atoms with E-state index < -0.39 is 0 Å². The number of hydrogen-bond donors (Lipinski definition) is 1. The van der Waals surface area contributed by atoms with E-state index >= 15 is 0 Å². The van der Waals surface area contributed by atoms with Gasteiger partial charge in [0.25, 0.3) is 0 Å². The average molecular weight is 143 g/mol. The summed E-state index contributed by atoms with van der Waals surface area (Å²) in [5.41, 5.74) is 6.60. The summed E-state index contributed by atoms with van der Waals surface area (Å²) in [5, 5.41) is 0. The lowest BCUT2D eigenvalue weighted by atomic mass is 9.95. The van der Waals surface area contributed by atoms with Crippen LogP contribution in [0.4, 0.5) is 0 Å². The Morgan fingerprint density at radius 2 is 2.11 bits per heavy atom. The van der Waals surface area contributed by atoms with Crippen LogP contribution in [0.5, 0.6) is 0 Å². The van der Waals surface area contributed by atoms with Gasteiger partial charge in [0, 0.05) is 11.8 Å². The van der Waals surface area contributed by atoms with Gasteiger partial charge in [0.2, 0.25) is 0 Å². The highest BCUT2D eigenvalue weighted by Crippen LogP contribution is 2.54. The first-order valence-corrected chi connectivity index (χ1v) is 4.82. The van der Waals surface area contributed by atoms with E-state index in [-0.39, 0.29) is 0 Å². The molecule has 0 aromatic heterocycles. The van der Waals surface area contributed by atoms with Gasteiger partial charge < -0.3 is 5.73 Å². The summed E-state index contributed by atoms with van der Waals surface area (Å²) in [6.45, 7) is 0. The summed E-state index contributed by atoms with van der Waals surface area (Å²) < 4.78 is 0. The van der Waals surface area contributed by atoms with Crippen LogP contribution in [0.15, 0.2) is 0 Å². The molecule has 2 aliphatic rings. The SMILES string of the molecule is NC1CSCCC12CC2. The zero-order chi connectivity index (χ0) is 6.32. The molecule has 2 N–H and O–H groups in total. The van der Waals surface area contributed by atoms with E-state index in [0.717, 1.165) is 0 Å². The summed E-state index contributed by atoms with van der Waals surface area (Å²) in [6.07, 6.45) is 4.21. The fraction of sp³-hybridized carbons (Fsp3) is 1.00. The van der Waals surface area contributed by atoms with Crippen molar-refractivity contribution in [2.75, 3.05) is 11.5 Å². The van der Waals surface area contributed by atoms with Crippen molar-refractivity contribution in [1.29, 1.82) is 0 Å². The molecule has 1 saturated carbocycles. The van der Waals surface area contributed by atoms with Gasteiger partial charge in [0.15, 0.2) is 0 Å². The van der Waals surface area contributed by atoms with Crippen molar-refractivity contribution in [3.63, 3.8) is 0 Å². The molecule has 1 saturated heterocycles. The Labute approximate surface area is 60.4 Å². The van der Waals surface area contributed by atoms with Crippen molar-refractivity contribution in [2.24, 2.45) is 11.1 Å². The fourth-order valence-electron chi connectivity index (χ4n) is 1.63. The molecule has 1 unspecified atom stereocenters. The third-order valence-corrected chi connectivity index (χ3v) is 3.81. The highest BCUT2D eigenvalue weighted by atomic mass is 32.2. The lowest BCUT2D eigenvalue weighted by Crippen LogP contribution is -2.37. The summed E-state index contributed by atoms with van der Waals surface area (Å²) in [7, 11) is 0. The van der Waals surface area contributed by atoms with Gasteiger partial charge in [-0.25, -0.2) is 0 Å². The first-order chi connectivity index (χ1) is 4.33. The summed E-state index contributed by atoms with van der Waals surface area (Å²) in [6, 6.07) is 0.524. The largest absolute Gasteiger partial charge is 0.326 e. The van der Waals surface area contributed by atoms with E-state index in [0.29, 0.717) is 11.5 Å². The number of hydrogen-bond acceptors (Lipinski definition) is 2. The highest BCUT2D eigenvalue weighted by Gasteiger charge is 2.48. The molecule has 2 fully saturated rings. The van der Waals surface area contributed by atoms with Crippen LogP contribution in [0.25, 0.3) is 0 Å². The van der Waals surface area contributed by atoms with Crippen LogP contribution in [0.2, 0.25) is 0 Å². The standard InChI is InChI=1S/C7H13NS/c8-6-5-9-4-3-7(6)1-2-7/h6H,1-5,8H2. The average Bonchev–Trinajstić information content (AvgIpc) is 2.60. The molecule has 9 heavy (non-hydrogen) atoms. The predicted molar refractivity (Wildman–Crippen MR) is 41.6 cm³/mol. The van der Waals surface area contributed by atoms with E-state index in [4.69, 9.17) is 5.73 Å². The fourth-order valence-corrected chi connectivity index (χ4v) is 2.95. The topological polar surface area (TPSA) is 26.0 Å². The number of rotatable bonds is 0. The Hall–Kier alpha value is 0.310. The van der Waals surface area contributed by atoms with Crippen LogP contribution in [-0.2, 0) is 0 Å². The molecule has 0 aromatic carbocycles. The van der Waals surface area contributed by atoms with Gasteiger partial charge in [-0.3, -0.25) is 0 Å². The van der Waals surface area contributed by atoms with Gasteiger partial charge in [-0.05, 0) is 30.4 Å². The lowest BCUT2D eigenvalue weighted by molar-refractivity contribution is 0.405. The Kier molecular flexibility index (Phi) is 1.27.